The fourth-order valence-electron chi connectivity index (χ4n) is 1.38. The Morgan fingerprint density at radius 1 is 1.47 bits per heavy atom. The van der Waals surface area contributed by atoms with E-state index < -0.39 is 0 Å². The number of benzene rings is 1. The number of carbonyl (C=O) groups is 1. The zero-order valence-corrected chi connectivity index (χ0v) is 9.11. The van der Waals surface area contributed by atoms with Gasteiger partial charge in [-0.2, -0.15) is 0 Å². The van der Waals surface area contributed by atoms with E-state index in [1.54, 1.807) is 0 Å². The Hall–Kier alpha value is -1.35. The van der Waals surface area contributed by atoms with E-state index in [4.69, 9.17) is 16.8 Å². The average Bonchev–Trinajstić information content (AvgIpc) is 2.26. The summed E-state index contributed by atoms with van der Waals surface area (Å²) >= 11 is 5.76. The first-order valence-electron chi connectivity index (χ1n) is 4.57. The highest BCUT2D eigenvalue weighted by atomic mass is 35.5. The summed E-state index contributed by atoms with van der Waals surface area (Å²) < 4.78 is 0. The first-order chi connectivity index (χ1) is 7.15. The summed E-state index contributed by atoms with van der Waals surface area (Å²) in [5.74, 6) is -0.346. The van der Waals surface area contributed by atoms with Crippen LogP contribution in [-0.2, 0) is 4.79 Å². The number of rotatable bonds is 4. The van der Waals surface area contributed by atoms with Crippen LogP contribution in [0, 0.1) is 0 Å². The van der Waals surface area contributed by atoms with Gasteiger partial charge in [-0.1, -0.05) is 47.1 Å². The summed E-state index contributed by atoms with van der Waals surface area (Å²) in [4.78, 5) is 11.1. The van der Waals surface area contributed by atoms with Gasteiger partial charge < -0.3 is 5.21 Å². The minimum Gasteiger partial charge on any atom is -0.410 e. The van der Waals surface area contributed by atoms with Crippen LogP contribution in [0.2, 0.25) is 0 Å². The molecule has 3 nitrogen and oxygen atoms in total. The number of nitrogens with zero attached hydrogens (tertiary/aromatic N) is 1. The number of hydrogen-bond acceptors (Lipinski definition) is 3. The highest BCUT2D eigenvalue weighted by Gasteiger charge is 2.18. The molecule has 15 heavy (non-hydrogen) atoms. The molecule has 1 unspecified atom stereocenters. The van der Waals surface area contributed by atoms with Gasteiger partial charge in [-0.3, -0.25) is 4.79 Å². The molecule has 4 heteroatoms. The van der Waals surface area contributed by atoms with Crippen molar-refractivity contribution < 1.29 is 10.0 Å². The summed E-state index contributed by atoms with van der Waals surface area (Å²) in [5, 5.41) is 11.6. The lowest BCUT2D eigenvalue weighted by molar-refractivity contribution is -0.117. The van der Waals surface area contributed by atoms with Gasteiger partial charge in [0.05, 0.1) is 0 Å². The standard InChI is InChI=1S/C11H12ClNO2/c1-8(14)7-10(11(12)13-15)9-5-3-2-4-6-9/h2-6,10,15H,7H2,1H3/b13-11-. The molecule has 0 heterocycles. The first kappa shape index (κ1) is 11.7. The Labute approximate surface area is 93.4 Å². The Morgan fingerprint density at radius 3 is 2.53 bits per heavy atom. The molecule has 0 radical (unpaired) electrons. The van der Waals surface area contributed by atoms with Gasteiger partial charge in [0.15, 0.2) is 5.17 Å². The Balaban J connectivity index is 2.96. The quantitative estimate of drug-likeness (QED) is 0.487. The highest BCUT2D eigenvalue weighted by molar-refractivity contribution is 6.66. The molecule has 0 spiro atoms. The van der Waals surface area contributed by atoms with Crippen LogP contribution < -0.4 is 0 Å². The summed E-state index contributed by atoms with van der Waals surface area (Å²) in [5.41, 5.74) is 0.871. The number of hydrogen-bond donors (Lipinski definition) is 1. The van der Waals surface area contributed by atoms with E-state index in [1.165, 1.54) is 6.92 Å². The second-order valence-electron chi connectivity index (χ2n) is 3.29. The molecule has 0 saturated carbocycles. The number of ketones is 1. The van der Waals surface area contributed by atoms with Crippen LogP contribution in [0.25, 0.3) is 0 Å². The van der Waals surface area contributed by atoms with Crippen molar-refractivity contribution in [1.82, 2.24) is 0 Å². The minimum atomic E-state index is -0.352. The zero-order valence-electron chi connectivity index (χ0n) is 8.35. The molecule has 0 amide bonds. The van der Waals surface area contributed by atoms with E-state index in [9.17, 15) is 4.79 Å². The fourth-order valence-corrected chi connectivity index (χ4v) is 1.59. The normalized spacial score (nSPS) is 13.6. The lowest BCUT2D eigenvalue weighted by Gasteiger charge is -2.12. The Morgan fingerprint density at radius 2 is 2.07 bits per heavy atom. The summed E-state index contributed by atoms with van der Waals surface area (Å²) in [6, 6.07) is 9.27. The van der Waals surface area contributed by atoms with Crippen LogP contribution in [0.4, 0.5) is 0 Å². The number of oxime groups is 1. The molecule has 0 aliphatic carbocycles. The third-order valence-electron chi connectivity index (χ3n) is 2.08. The van der Waals surface area contributed by atoms with Crippen LogP contribution >= 0.6 is 11.6 Å². The predicted octanol–water partition coefficient (Wildman–Crippen LogP) is 2.78. The van der Waals surface area contributed by atoms with E-state index in [2.05, 4.69) is 5.16 Å². The number of halogens is 1. The van der Waals surface area contributed by atoms with E-state index >= 15 is 0 Å². The minimum absolute atomic E-state index is 0.00523. The summed E-state index contributed by atoms with van der Waals surface area (Å²) in [7, 11) is 0. The van der Waals surface area contributed by atoms with Crippen molar-refractivity contribution >= 4 is 22.6 Å². The van der Waals surface area contributed by atoms with Crippen LogP contribution in [-0.4, -0.2) is 16.2 Å². The van der Waals surface area contributed by atoms with Gasteiger partial charge in [0.1, 0.15) is 5.78 Å². The lowest BCUT2D eigenvalue weighted by Crippen LogP contribution is -2.11. The molecule has 0 aromatic heterocycles. The molecule has 0 aliphatic heterocycles. The first-order valence-corrected chi connectivity index (χ1v) is 4.94. The largest absolute Gasteiger partial charge is 0.410 e. The van der Waals surface area contributed by atoms with Gasteiger partial charge >= 0.3 is 0 Å². The molecule has 80 valence electrons. The molecule has 1 aromatic rings. The van der Waals surface area contributed by atoms with Gasteiger partial charge in [0.2, 0.25) is 0 Å². The van der Waals surface area contributed by atoms with E-state index in [0.717, 1.165) is 5.56 Å². The molecule has 0 fully saturated rings. The molecular formula is C11H12ClNO2. The number of Topliss-reactive ketones (excluding diaryl/α,β-unsaturated/α-hetero) is 1. The second kappa shape index (κ2) is 5.51. The van der Waals surface area contributed by atoms with E-state index in [1.807, 2.05) is 30.3 Å². The lowest BCUT2D eigenvalue weighted by atomic mass is 9.95. The maximum Gasteiger partial charge on any atom is 0.153 e. The Kier molecular flexibility index (Phi) is 4.31. The van der Waals surface area contributed by atoms with Gasteiger partial charge in [-0.15, -0.1) is 0 Å². The molecule has 0 aliphatic rings. The third kappa shape index (κ3) is 3.36. The van der Waals surface area contributed by atoms with Gasteiger partial charge in [-0.25, -0.2) is 0 Å². The molecule has 1 aromatic carbocycles. The number of carbonyl (C=O) groups excluding carboxylic acids is 1. The molecule has 0 bridgehead atoms. The summed E-state index contributed by atoms with van der Waals surface area (Å²) in [6.07, 6.45) is 0.243. The van der Waals surface area contributed by atoms with Crippen molar-refractivity contribution in [2.45, 2.75) is 19.3 Å². The Bertz CT molecular complexity index is 362. The molecule has 1 rings (SSSR count). The van der Waals surface area contributed by atoms with Crippen LogP contribution in [0.5, 0.6) is 0 Å². The predicted molar refractivity (Wildman–Crippen MR) is 59.6 cm³/mol. The smallest absolute Gasteiger partial charge is 0.153 e. The SMILES string of the molecule is CC(=O)CC(/C(Cl)=N/O)c1ccccc1. The van der Waals surface area contributed by atoms with Crippen LogP contribution in [0.15, 0.2) is 35.5 Å². The zero-order chi connectivity index (χ0) is 11.3. The van der Waals surface area contributed by atoms with Crippen molar-refractivity contribution in [3.05, 3.63) is 35.9 Å². The second-order valence-corrected chi connectivity index (χ2v) is 3.68. The monoisotopic (exact) mass is 225 g/mol. The topological polar surface area (TPSA) is 49.7 Å². The van der Waals surface area contributed by atoms with Gasteiger partial charge in [-0.05, 0) is 12.5 Å². The average molecular weight is 226 g/mol. The van der Waals surface area contributed by atoms with Crippen molar-refractivity contribution in [2.75, 3.05) is 0 Å². The van der Waals surface area contributed by atoms with Crippen molar-refractivity contribution in [2.24, 2.45) is 5.16 Å². The maximum absolute atomic E-state index is 11.1. The van der Waals surface area contributed by atoms with E-state index in [0.29, 0.717) is 0 Å². The molecular weight excluding hydrogens is 214 g/mol. The molecule has 1 N–H and O–H groups in total. The van der Waals surface area contributed by atoms with Gasteiger partial charge in [0.25, 0.3) is 0 Å². The van der Waals surface area contributed by atoms with Crippen molar-refractivity contribution in [3.8, 4) is 0 Å². The van der Waals surface area contributed by atoms with Crippen LogP contribution in [0.3, 0.4) is 0 Å². The van der Waals surface area contributed by atoms with Crippen molar-refractivity contribution in [1.29, 1.82) is 0 Å². The highest BCUT2D eigenvalue weighted by Crippen LogP contribution is 2.23. The van der Waals surface area contributed by atoms with Crippen molar-refractivity contribution in [3.63, 3.8) is 0 Å². The summed E-state index contributed by atoms with van der Waals surface area (Å²) in [6.45, 7) is 1.48. The van der Waals surface area contributed by atoms with Crippen LogP contribution in [0.1, 0.15) is 24.8 Å². The molecule has 0 saturated heterocycles. The van der Waals surface area contributed by atoms with E-state index in [-0.39, 0.29) is 23.3 Å². The maximum atomic E-state index is 11.1. The van der Waals surface area contributed by atoms with Gasteiger partial charge in [0, 0.05) is 12.3 Å². The third-order valence-corrected chi connectivity index (χ3v) is 2.42. The molecule has 1 atom stereocenters. The fraction of sp³-hybridized carbons (Fsp3) is 0.273.